The minimum atomic E-state index is 0.596. The van der Waals surface area contributed by atoms with Crippen molar-refractivity contribution in [3.05, 3.63) is 0 Å². The van der Waals surface area contributed by atoms with E-state index in [9.17, 15) is 0 Å². The van der Waals surface area contributed by atoms with Crippen LogP contribution in [0, 0.1) is 17.3 Å². The minimum absolute atomic E-state index is 0.596. The lowest BCUT2D eigenvalue weighted by atomic mass is 9.83. The Labute approximate surface area is 101 Å². The summed E-state index contributed by atoms with van der Waals surface area (Å²) in [6.07, 6.45) is 10.0. The molecule has 2 fully saturated rings. The topological polar surface area (TPSA) is 12.0 Å². The molecule has 2 saturated carbocycles. The van der Waals surface area contributed by atoms with Crippen molar-refractivity contribution in [2.75, 3.05) is 6.54 Å². The molecule has 1 unspecified atom stereocenters. The third-order valence-electron chi connectivity index (χ3n) is 4.80. The molecule has 0 aromatic carbocycles. The van der Waals surface area contributed by atoms with Gasteiger partial charge in [0.1, 0.15) is 0 Å². The van der Waals surface area contributed by atoms with Gasteiger partial charge in [0.25, 0.3) is 0 Å². The predicted molar refractivity (Wildman–Crippen MR) is 70.5 cm³/mol. The zero-order valence-electron chi connectivity index (χ0n) is 11.4. The predicted octanol–water partition coefficient (Wildman–Crippen LogP) is 3.98. The Morgan fingerprint density at radius 2 is 1.75 bits per heavy atom. The third-order valence-corrected chi connectivity index (χ3v) is 4.80. The Bertz CT molecular complexity index is 213. The maximum Gasteiger partial charge on any atom is 0.00724 e. The van der Waals surface area contributed by atoms with E-state index < -0.39 is 0 Å². The second kappa shape index (κ2) is 5.08. The van der Waals surface area contributed by atoms with Crippen LogP contribution in [0.1, 0.15) is 65.7 Å². The first-order chi connectivity index (χ1) is 7.55. The molecule has 1 N–H and O–H groups in total. The Kier molecular flexibility index (Phi) is 3.94. The van der Waals surface area contributed by atoms with Crippen LogP contribution in [0.3, 0.4) is 0 Å². The summed E-state index contributed by atoms with van der Waals surface area (Å²) in [6.45, 7) is 8.52. The van der Waals surface area contributed by atoms with Gasteiger partial charge in [-0.15, -0.1) is 0 Å². The van der Waals surface area contributed by atoms with Gasteiger partial charge >= 0.3 is 0 Å². The van der Waals surface area contributed by atoms with Crippen molar-refractivity contribution in [3.63, 3.8) is 0 Å². The molecule has 0 saturated heterocycles. The van der Waals surface area contributed by atoms with Gasteiger partial charge in [0.15, 0.2) is 0 Å². The summed E-state index contributed by atoms with van der Waals surface area (Å²) in [5.41, 5.74) is 0.596. The van der Waals surface area contributed by atoms with Crippen LogP contribution in [0.2, 0.25) is 0 Å². The summed E-state index contributed by atoms with van der Waals surface area (Å²) in [5, 5.41) is 3.82. The Hall–Kier alpha value is -0.0400. The molecule has 0 heterocycles. The van der Waals surface area contributed by atoms with Gasteiger partial charge in [-0.25, -0.2) is 0 Å². The Morgan fingerprint density at radius 1 is 1.06 bits per heavy atom. The van der Waals surface area contributed by atoms with E-state index in [0.717, 1.165) is 17.9 Å². The maximum atomic E-state index is 3.82. The molecular weight excluding hydrogens is 194 g/mol. The SMILES string of the molecule is CC1CCC(CNC2CCC(C)(C)C2)CC1. The van der Waals surface area contributed by atoms with Gasteiger partial charge in [-0.3, -0.25) is 0 Å². The highest BCUT2D eigenvalue weighted by molar-refractivity contribution is 4.87. The highest BCUT2D eigenvalue weighted by Crippen LogP contribution is 2.37. The second-order valence-corrected chi connectivity index (χ2v) is 7.14. The average molecular weight is 223 g/mol. The van der Waals surface area contributed by atoms with E-state index in [4.69, 9.17) is 0 Å². The van der Waals surface area contributed by atoms with Gasteiger partial charge in [0, 0.05) is 6.04 Å². The van der Waals surface area contributed by atoms with Crippen molar-refractivity contribution in [1.29, 1.82) is 0 Å². The zero-order chi connectivity index (χ0) is 11.6. The van der Waals surface area contributed by atoms with Gasteiger partial charge in [-0.1, -0.05) is 33.6 Å². The van der Waals surface area contributed by atoms with E-state index >= 15 is 0 Å². The number of rotatable bonds is 3. The lowest BCUT2D eigenvalue weighted by Gasteiger charge is -2.27. The van der Waals surface area contributed by atoms with E-state index in [1.807, 2.05) is 0 Å². The van der Waals surface area contributed by atoms with Crippen molar-refractivity contribution in [2.45, 2.75) is 71.8 Å². The van der Waals surface area contributed by atoms with E-state index in [-0.39, 0.29) is 0 Å². The van der Waals surface area contributed by atoms with Gasteiger partial charge < -0.3 is 5.32 Å². The molecule has 1 heteroatoms. The fourth-order valence-electron chi connectivity index (χ4n) is 3.48. The van der Waals surface area contributed by atoms with Crippen LogP contribution in [0.15, 0.2) is 0 Å². The summed E-state index contributed by atoms with van der Waals surface area (Å²) in [7, 11) is 0. The largest absolute Gasteiger partial charge is 0.314 e. The summed E-state index contributed by atoms with van der Waals surface area (Å²) < 4.78 is 0. The fourth-order valence-corrected chi connectivity index (χ4v) is 3.48. The molecule has 2 aliphatic rings. The molecule has 0 aromatic rings. The summed E-state index contributed by atoms with van der Waals surface area (Å²) in [5.74, 6) is 1.96. The van der Waals surface area contributed by atoms with Crippen LogP contribution in [-0.4, -0.2) is 12.6 Å². The molecule has 16 heavy (non-hydrogen) atoms. The molecular formula is C15H29N. The first kappa shape index (κ1) is 12.4. The van der Waals surface area contributed by atoms with E-state index in [2.05, 4.69) is 26.1 Å². The molecule has 2 aliphatic carbocycles. The normalized spacial score (nSPS) is 38.8. The zero-order valence-corrected chi connectivity index (χ0v) is 11.4. The van der Waals surface area contributed by atoms with Crippen LogP contribution >= 0.6 is 0 Å². The molecule has 0 spiro atoms. The van der Waals surface area contributed by atoms with Crippen molar-refractivity contribution in [3.8, 4) is 0 Å². The minimum Gasteiger partial charge on any atom is -0.314 e. The van der Waals surface area contributed by atoms with E-state index in [1.165, 1.54) is 51.5 Å². The van der Waals surface area contributed by atoms with Crippen LogP contribution in [0.25, 0.3) is 0 Å². The monoisotopic (exact) mass is 223 g/mol. The van der Waals surface area contributed by atoms with E-state index in [1.54, 1.807) is 0 Å². The Morgan fingerprint density at radius 3 is 2.31 bits per heavy atom. The first-order valence-corrected chi connectivity index (χ1v) is 7.28. The second-order valence-electron chi connectivity index (χ2n) is 7.14. The van der Waals surface area contributed by atoms with Crippen molar-refractivity contribution < 1.29 is 0 Å². The van der Waals surface area contributed by atoms with Gasteiger partial charge in [-0.2, -0.15) is 0 Å². The standard InChI is InChI=1S/C15H29N/c1-12-4-6-13(7-5-12)11-16-14-8-9-15(2,3)10-14/h12-14,16H,4-11H2,1-3H3. The van der Waals surface area contributed by atoms with Crippen LogP contribution < -0.4 is 5.32 Å². The highest BCUT2D eigenvalue weighted by Gasteiger charge is 2.31. The fraction of sp³-hybridized carbons (Fsp3) is 1.00. The van der Waals surface area contributed by atoms with Gasteiger partial charge in [-0.05, 0) is 55.9 Å². The number of hydrogen-bond acceptors (Lipinski definition) is 1. The summed E-state index contributed by atoms with van der Waals surface area (Å²) in [4.78, 5) is 0. The van der Waals surface area contributed by atoms with Gasteiger partial charge in [0.05, 0.1) is 0 Å². The van der Waals surface area contributed by atoms with Crippen molar-refractivity contribution >= 4 is 0 Å². The van der Waals surface area contributed by atoms with Gasteiger partial charge in [0.2, 0.25) is 0 Å². The molecule has 0 aromatic heterocycles. The molecule has 2 rings (SSSR count). The molecule has 0 amide bonds. The first-order valence-electron chi connectivity index (χ1n) is 7.28. The summed E-state index contributed by atoms with van der Waals surface area (Å²) >= 11 is 0. The average Bonchev–Trinajstić information content (AvgIpc) is 2.58. The molecule has 0 aliphatic heterocycles. The van der Waals surface area contributed by atoms with Crippen LogP contribution in [0.4, 0.5) is 0 Å². The smallest absolute Gasteiger partial charge is 0.00724 e. The summed E-state index contributed by atoms with van der Waals surface area (Å²) in [6, 6.07) is 0.814. The lowest BCUT2D eigenvalue weighted by Crippen LogP contribution is -2.33. The van der Waals surface area contributed by atoms with Crippen LogP contribution in [-0.2, 0) is 0 Å². The number of nitrogens with one attached hydrogen (secondary N) is 1. The molecule has 94 valence electrons. The number of hydrogen-bond donors (Lipinski definition) is 1. The lowest BCUT2D eigenvalue weighted by molar-refractivity contribution is 0.270. The van der Waals surface area contributed by atoms with E-state index in [0.29, 0.717) is 5.41 Å². The Balaban J connectivity index is 1.65. The molecule has 1 nitrogen and oxygen atoms in total. The molecule has 1 atom stereocenters. The maximum absolute atomic E-state index is 3.82. The highest BCUT2D eigenvalue weighted by atomic mass is 14.9. The van der Waals surface area contributed by atoms with Crippen molar-refractivity contribution in [1.82, 2.24) is 5.32 Å². The van der Waals surface area contributed by atoms with Crippen LogP contribution in [0.5, 0.6) is 0 Å². The quantitative estimate of drug-likeness (QED) is 0.763. The molecule has 0 radical (unpaired) electrons. The van der Waals surface area contributed by atoms with Crippen molar-refractivity contribution in [2.24, 2.45) is 17.3 Å². The third kappa shape index (κ3) is 3.48. The molecule has 0 bridgehead atoms.